The van der Waals surface area contributed by atoms with Gasteiger partial charge in [-0.15, -0.1) is 22.7 Å². The molecular weight excluding hydrogens is 398 g/mol. The van der Waals surface area contributed by atoms with Crippen molar-refractivity contribution in [1.29, 1.82) is 0 Å². The number of nitrogens with one attached hydrogen (secondary N) is 1. The van der Waals surface area contributed by atoms with Gasteiger partial charge in [-0.25, -0.2) is 9.78 Å². The molecule has 0 bridgehead atoms. The minimum absolute atomic E-state index is 0.132. The Bertz CT molecular complexity index is 1080. The monoisotopic (exact) mass is 413 g/mol. The summed E-state index contributed by atoms with van der Waals surface area (Å²) in [6.07, 6.45) is 0. The van der Waals surface area contributed by atoms with Gasteiger partial charge in [0, 0.05) is 5.38 Å². The van der Waals surface area contributed by atoms with Crippen LogP contribution in [-0.4, -0.2) is 28.6 Å². The molecule has 28 heavy (non-hydrogen) atoms. The predicted octanol–water partition coefficient (Wildman–Crippen LogP) is 3.57. The van der Waals surface area contributed by atoms with Crippen LogP contribution in [0.2, 0.25) is 0 Å². The molecule has 4 heterocycles. The highest BCUT2D eigenvalue weighted by Crippen LogP contribution is 2.38. The first kappa shape index (κ1) is 17.2. The standard InChI is InChI=1S/C19H15N3O4S2/c1-19(11-4-5-13-14(7-11)26-10-25-13)17(23)22(18(24)21-19)8-12-9-28-16(20-12)15-3-2-6-27-15/h2-7,9H,8,10H2,1H3,(H,21,24)/t19-/m1/s1. The molecule has 0 saturated carbocycles. The normalized spacial score (nSPS) is 20.7. The maximum atomic E-state index is 13.1. The number of amides is 3. The van der Waals surface area contributed by atoms with Crippen LogP contribution in [0.25, 0.3) is 9.88 Å². The largest absolute Gasteiger partial charge is 0.454 e. The van der Waals surface area contributed by atoms with Gasteiger partial charge in [-0.1, -0.05) is 12.1 Å². The molecule has 1 fully saturated rings. The fourth-order valence-corrected chi connectivity index (χ4v) is 4.92. The maximum Gasteiger partial charge on any atom is 0.325 e. The Morgan fingerprint density at radius 2 is 2.07 bits per heavy atom. The molecule has 1 saturated heterocycles. The molecule has 3 amide bonds. The Kier molecular flexibility index (Phi) is 3.88. The van der Waals surface area contributed by atoms with E-state index in [-0.39, 0.29) is 19.2 Å². The van der Waals surface area contributed by atoms with E-state index in [4.69, 9.17) is 9.47 Å². The number of hydrogen-bond acceptors (Lipinski definition) is 7. The van der Waals surface area contributed by atoms with E-state index >= 15 is 0 Å². The Hall–Kier alpha value is -2.91. The SMILES string of the molecule is C[C@]1(c2ccc3c(c2)OCO3)NC(=O)N(Cc2csc(-c3cccs3)n2)C1=O. The van der Waals surface area contributed by atoms with Gasteiger partial charge in [0.1, 0.15) is 10.5 Å². The van der Waals surface area contributed by atoms with Gasteiger partial charge in [-0.05, 0) is 36.1 Å². The molecule has 0 spiro atoms. The van der Waals surface area contributed by atoms with Crippen LogP contribution in [-0.2, 0) is 16.9 Å². The van der Waals surface area contributed by atoms with Gasteiger partial charge in [-0.3, -0.25) is 9.69 Å². The smallest absolute Gasteiger partial charge is 0.325 e. The molecule has 3 aromatic rings. The van der Waals surface area contributed by atoms with Crippen molar-refractivity contribution in [2.24, 2.45) is 0 Å². The first-order valence-electron chi connectivity index (χ1n) is 8.57. The van der Waals surface area contributed by atoms with Crippen molar-refractivity contribution in [3.8, 4) is 21.4 Å². The number of thiazole rings is 1. The summed E-state index contributed by atoms with van der Waals surface area (Å²) in [5.74, 6) is 0.880. The average molecular weight is 413 g/mol. The molecule has 1 aromatic carbocycles. The number of carbonyl (C=O) groups is 2. The number of rotatable bonds is 4. The molecule has 0 radical (unpaired) electrons. The summed E-state index contributed by atoms with van der Waals surface area (Å²) in [5.41, 5.74) is 0.173. The van der Waals surface area contributed by atoms with Gasteiger partial charge in [0.25, 0.3) is 5.91 Å². The van der Waals surface area contributed by atoms with Crippen LogP contribution in [0.1, 0.15) is 18.2 Å². The zero-order chi connectivity index (χ0) is 19.3. The van der Waals surface area contributed by atoms with Crippen LogP contribution in [0.15, 0.2) is 41.1 Å². The molecular formula is C19H15N3O4S2. The predicted molar refractivity (Wildman–Crippen MR) is 104 cm³/mol. The Labute approximate surface area is 168 Å². The molecule has 5 rings (SSSR count). The van der Waals surface area contributed by atoms with E-state index in [1.165, 1.54) is 16.2 Å². The molecule has 0 unspecified atom stereocenters. The first-order valence-corrected chi connectivity index (χ1v) is 10.3. The molecule has 2 aromatic heterocycles. The number of hydrogen-bond donors (Lipinski definition) is 1. The number of nitrogens with zero attached hydrogens (tertiary/aromatic N) is 2. The average Bonchev–Trinajstić information content (AvgIpc) is 3.47. The quantitative estimate of drug-likeness (QED) is 0.662. The van der Waals surface area contributed by atoms with Gasteiger partial charge in [0.15, 0.2) is 11.5 Å². The Morgan fingerprint density at radius 3 is 2.89 bits per heavy atom. The number of fused-ring (bicyclic) bond motifs is 1. The van der Waals surface area contributed by atoms with E-state index in [0.717, 1.165) is 9.88 Å². The van der Waals surface area contributed by atoms with Crippen molar-refractivity contribution in [2.75, 3.05) is 6.79 Å². The highest BCUT2D eigenvalue weighted by molar-refractivity contribution is 7.20. The fourth-order valence-electron chi connectivity index (χ4n) is 3.30. The maximum absolute atomic E-state index is 13.1. The number of carbonyl (C=O) groups excluding carboxylic acids is 2. The van der Waals surface area contributed by atoms with Crippen molar-refractivity contribution in [3.05, 3.63) is 52.3 Å². The number of urea groups is 1. The van der Waals surface area contributed by atoms with E-state index < -0.39 is 11.6 Å². The Balaban J connectivity index is 1.40. The second-order valence-electron chi connectivity index (χ2n) is 6.64. The summed E-state index contributed by atoms with van der Waals surface area (Å²) < 4.78 is 10.7. The lowest BCUT2D eigenvalue weighted by Gasteiger charge is -2.22. The van der Waals surface area contributed by atoms with E-state index in [0.29, 0.717) is 22.8 Å². The van der Waals surface area contributed by atoms with Crippen molar-refractivity contribution >= 4 is 34.6 Å². The third-order valence-corrected chi connectivity index (χ3v) is 6.76. The van der Waals surface area contributed by atoms with Gasteiger partial charge < -0.3 is 14.8 Å². The van der Waals surface area contributed by atoms with Crippen LogP contribution in [0.4, 0.5) is 4.79 Å². The molecule has 2 aliphatic rings. The molecule has 0 aliphatic carbocycles. The molecule has 1 N–H and O–H groups in total. The van der Waals surface area contributed by atoms with Crippen molar-refractivity contribution < 1.29 is 19.1 Å². The third kappa shape index (κ3) is 2.66. The van der Waals surface area contributed by atoms with Crippen LogP contribution in [0, 0.1) is 0 Å². The zero-order valence-corrected chi connectivity index (χ0v) is 16.4. The molecule has 2 aliphatic heterocycles. The molecule has 1 atom stereocenters. The summed E-state index contributed by atoms with van der Waals surface area (Å²) in [4.78, 5) is 32.5. The third-order valence-electron chi connectivity index (χ3n) is 4.83. The van der Waals surface area contributed by atoms with Crippen LogP contribution in [0.5, 0.6) is 11.5 Å². The number of imide groups is 1. The fraction of sp³-hybridized carbons (Fsp3) is 0.211. The highest BCUT2D eigenvalue weighted by atomic mass is 32.1. The number of thiophene rings is 1. The second kappa shape index (κ2) is 6.32. The lowest BCUT2D eigenvalue weighted by atomic mass is 9.91. The number of aromatic nitrogens is 1. The van der Waals surface area contributed by atoms with Crippen LogP contribution in [0.3, 0.4) is 0 Å². The van der Waals surface area contributed by atoms with E-state index in [9.17, 15) is 9.59 Å². The molecule has 142 valence electrons. The van der Waals surface area contributed by atoms with Crippen molar-refractivity contribution in [1.82, 2.24) is 15.2 Å². The van der Waals surface area contributed by atoms with Gasteiger partial charge in [0.05, 0.1) is 17.1 Å². The summed E-state index contributed by atoms with van der Waals surface area (Å²) in [7, 11) is 0. The molecule has 9 heteroatoms. The topological polar surface area (TPSA) is 80.8 Å². The highest BCUT2D eigenvalue weighted by Gasteiger charge is 2.49. The van der Waals surface area contributed by atoms with Crippen LogP contribution >= 0.6 is 22.7 Å². The lowest BCUT2D eigenvalue weighted by Crippen LogP contribution is -2.40. The van der Waals surface area contributed by atoms with E-state index in [1.807, 2.05) is 22.9 Å². The van der Waals surface area contributed by atoms with Gasteiger partial charge >= 0.3 is 6.03 Å². The summed E-state index contributed by atoms with van der Waals surface area (Å²) in [6.45, 7) is 1.98. The number of ether oxygens (including phenoxy) is 2. The van der Waals surface area contributed by atoms with Gasteiger partial charge in [0.2, 0.25) is 6.79 Å². The van der Waals surface area contributed by atoms with Gasteiger partial charge in [-0.2, -0.15) is 0 Å². The van der Waals surface area contributed by atoms with Crippen molar-refractivity contribution in [3.63, 3.8) is 0 Å². The van der Waals surface area contributed by atoms with Crippen molar-refractivity contribution in [2.45, 2.75) is 19.0 Å². The van der Waals surface area contributed by atoms with E-state index in [1.54, 1.807) is 36.5 Å². The van der Waals surface area contributed by atoms with E-state index in [2.05, 4.69) is 10.3 Å². The second-order valence-corrected chi connectivity index (χ2v) is 8.44. The zero-order valence-electron chi connectivity index (χ0n) is 14.8. The minimum atomic E-state index is -1.16. The lowest BCUT2D eigenvalue weighted by molar-refractivity contribution is -0.131. The number of benzene rings is 1. The summed E-state index contributed by atoms with van der Waals surface area (Å²) in [5, 5.41) is 7.57. The molecule has 7 nitrogen and oxygen atoms in total. The van der Waals surface area contributed by atoms with Crippen LogP contribution < -0.4 is 14.8 Å². The summed E-state index contributed by atoms with van der Waals surface area (Å²) >= 11 is 3.11. The summed E-state index contributed by atoms with van der Waals surface area (Å²) in [6, 6.07) is 8.79. The Morgan fingerprint density at radius 1 is 1.21 bits per heavy atom. The first-order chi connectivity index (χ1) is 13.5. The minimum Gasteiger partial charge on any atom is -0.454 e.